The molecule has 1 heterocycles. The summed E-state index contributed by atoms with van der Waals surface area (Å²) in [4.78, 5) is 14.1. The van der Waals surface area contributed by atoms with Crippen LogP contribution in [0, 0.1) is 0 Å². The molecule has 23 heavy (non-hydrogen) atoms. The maximum absolute atomic E-state index is 12.7. The lowest BCUT2D eigenvalue weighted by atomic mass is 10.0. The van der Waals surface area contributed by atoms with Crippen molar-refractivity contribution in [2.24, 2.45) is 0 Å². The fourth-order valence-electron chi connectivity index (χ4n) is 2.30. The van der Waals surface area contributed by atoms with Crippen molar-refractivity contribution in [3.05, 3.63) is 74.9 Å². The minimum Gasteiger partial charge on any atom is -0.506 e. The highest BCUT2D eigenvalue weighted by Crippen LogP contribution is 2.34. The molecule has 1 aromatic carbocycles. The molecule has 0 radical (unpaired) electrons. The Bertz CT molecular complexity index is 755. The Balaban J connectivity index is 1.88. The number of carbonyl (C=O) groups excluding carboxylic acids is 1. The van der Waals surface area contributed by atoms with Gasteiger partial charge in [-0.05, 0) is 62.4 Å². The van der Waals surface area contributed by atoms with Gasteiger partial charge in [0.25, 0.3) is 5.91 Å². The number of nitrogens with zero attached hydrogens (tertiary/aromatic N) is 1. The maximum Gasteiger partial charge on any atom is 0.262 e. The van der Waals surface area contributed by atoms with Crippen LogP contribution in [0.25, 0.3) is 0 Å². The van der Waals surface area contributed by atoms with Crippen molar-refractivity contribution in [1.82, 2.24) is 4.90 Å². The number of halogens is 2. The number of allylic oxidation sites excluding steroid dienone is 4. The van der Waals surface area contributed by atoms with Crippen molar-refractivity contribution >= 4 is 37.8 Å². The van der Waals surface area contributed by atoms with E-state index in [1.807, 2.05) is 12.2 Å². The molecule has 1 aliphatic carbocycles. The number of rotatable bonds is 2. The second-order valence-electron chi connectivity index (χ2n) is 5.06. The van der Waals surface area contributed by atoms with Crippen molar-refractivity contribution < 1.29 is 14.6 Å². The Labute approximate surface area is 150 Å². The molecule has 118 valence electrons. The van der Waals surface area contributed by atoms with Crippen LogP contribution in [0.5, 0.6) is 5.75 Å². The van der Waals surface area contributed by atoms with Gasteiger partial charge in [-0.25, -0.2) is 0 Å². The van der Waals surface area contributed by atoms with Crippen LogP contribution in [-0.4, -0.2) is 15.9 Å². The molecular weight excluding hydrogens is 426 g/mol. The average Bonchev–Trinajstić information content (AvgIpc) is 2.59. The zero-order valence-corrected chi connectivity index (χ0v) is 15.2. The molecule has 6 heteroatoms. The van der Waals surface area contributed by atoms with E-state index in [0.717, 1.165) is 18.4 Å². The first kappa shape index (κ1) is 16.1. The molecule has 3 rings (SSSR count). The summed E-state index contributed by atoms with van der Waals surface area (Å²) in [6.45, 7) is 0. The molecule has 1 amide bonds. The minimum absolute atomic E-state index is 0.0643. The quantitative estimate of drug-likeness (QED) is 0.708. The van der Waals surface area contributed by atoms with E-state index in [0.29, 0.717) is 20.3 Å². The van der Waals surface area contributed by atoms with Gasteiger partial charge in [0.15, 0.2) is 0 Å². The van der Waals surface area contributed by atoms with Crippen LogP contribution < -0.4 is 0 Å². The van der Waals surface area contributed by atoms with Crippen LogP contribution in [0.1, 0.15) is 23.2 Å². The van der Waals surface area contributed by atoms with Gasteiger partial charge in [0, 0.05) is 11.8 Å². The Kier molecular flexibility index (Phi) is 4.73. The van der Waals surface area contributed by atoms with Crippen LogP contribution in [0.3, 0.4) is 0 Å². The molecule has 0 aromatic heterocycles. The summed E-state index contributed by atoms with van der Waals surface area (Å²) >= 11 is 6.48. The van der Waals surface area contributed by atoms with E-state index in [4.69, 9.17) is 4.74 Å². The van der Waals surface area contributed by atoms with Gasteiger partial charge in [-0.2, -0.15) is 0 Å². The molecule has 2 aliphatic rings. The fourth-order valence-corrected chi connectivity index (χ4v) is 3.49. The summed E-state index contributed by atoms with van der Waals surface area (Å²) in [7, 11) is 0. The first-order chi connectivity index (χ1) is 11.1. The number of amides is 1. The molecule has 0 bridgehead atoms. The van der Waals surface area contributed by atoms with Crippen LogP contribution in [0.2, 0.25) is 0 Å². The maximum atomic E-state index is 12.7. The van der Waals surface area contributed by atoms with Crippen molar-refractivity contribution in [2.75, 3.05) is 0 Å². The number of benzene rings is 1. The van der Waals surface area contributed by atoms with E-state index in [-0.39, 0.29) is 11.7 Å². The highest BCUT2D eigenvalue weighted by atomic mass is 79.9. The van der Waals surface area contributed by atoms with Crippen LogP contribution in [0.4, 0.5) is 0 Å². The molecule has 1 aromatic rings. The number of phenolic OH excluding ortho intramolecular Hbond substituents is 1. The van der Waals surface area contributed by atoms with Crippen molar-refractivity contribution in [3.8, 4) is 5.75 Å². The molecule has 0 spiro atoms. The highest BCUT2D eigenvalue weighted by Gasteiger charge is 2.20. The van der Waals surface area contributed by atoms with Gasteiger partial charge in [0.2, 0.25) is 0 Å². The summed E-state index contributed by atoms with van der Waals surface area (Å²) < 4.78 is 6.44. The molecule has 1 aliphatic heterocycles. The number of hydrogen-bond acceptors (Lipinski definition) is 3. The van der Waals surface area contributed by atoms with Gasteiger partial charge in [-0.3, -0.25) is 9.69 Å². The highest BCUT2D eigenvalue weighted by molar-refractivity contribution is 9.11. The number of phenols is 1. The molecule has 1 N–H and O–H groups in total. The van der Waals surface area contributed by atoms with Crippen LogP contribution in [0.15, 0.2) is 69.3 Å². The SMILES string of the molecule is O=C(c1cc(Br)c(O)c(Br)c1)N1C=COC(C2=CC=CCC2)=C1. The van der Waals surface area contributed by atoms with Gasteiger partial charge in [0.05, 0.1) is 15.1 Å². The van der Waals surface area contributed by atoms with E-state index >= 15 is 0 Å². The third-order valence-corrected chi connectivity index (χ3v) is 4.71. The molecule has 0 unspecified atom stereocenters. The molecule has 4 nitrogen and oxygen atoms in total. The first-order valence-electron chi connectivity index (χ1n) is 6.98. The van der Waals surface area contributed by atoms with Gasteiger partial charge in [0.1, 0.15) is 17.8 Å². The topological polar surface area (TPSA) is 49.8 Å². The molecule has 0 fully saturated rings. The summed E-state index contributed by atoms with van der Waals surface area (Å²) in [5, 5.41) is 9.76. The minimum atomic E-state index is -0.213. The van der Waals surface area contributed by atoms with Crippen molar-refractivity contribution in [1.29, 1.82) is 0 Å². The number of ether oxygens (including phenoxy) is 1. The van der Waals surface area contributed by atoms with E-state index in [9.17, 15) is 9.90 Å². The van der Waals surface area contributed by atoms with Crippen molar-refractivity contribution in [2.45, 2.75) is 12.8 Å². The predicted octanol–water partition coefficient (Wildman–Crippen LogP) is 4.98. The van der Waals surface area contributed by atoms with Crippen LogP contribution >= 0.6 is 31.9 Å². The monoisotopic (exact) mass is 437 g/mol. The molecule has 0 atom stereocenters. The number of hydrogen-bond donors (Lipinski definition) is 1. The first-order valence-corrected chi connectivity index (χ1v) is 8.57. The fraction of sp³-hybridized carbons (Fsp3) is 0.118. The summed E-state index contributed by atoms with van der Waals surface area (Å²) in [6.07, 6.45) is 12.7. The third-order valence-electron chi connectivity index (χ3n) is 3.50. The Morgan fingerprint density at radius 3 is 2.65 bits per heavy atom. The summed E-state index contributed by atoms with van der Waals surface area (Å²) in [5.74, 6) is 0.520. The second-order valence-corrected chi connectivity index (χ2v) is 6.76. The summed E-state index contributed by atoms with van der Waals surface area (Å²) in [6, 6.07) is 3.17. The number of carbonyl (C=O) groups is 1. The molecule has 0 saturated carbocycles. The zero-order chi connectivity index (χ0) is 16.4. The lowest BCUT2D eigenvalue weighted by Crippen LogP contribution is -2.23. The van der Waals surface area contributed by atoms with Gasteiger partial charge in [-0.1, -0.05) is 18.2 Å². The van der Waals surface area contributed by atoms with E-state index in [2.05, 4.69) is 37.9 Å². The third kappa shape index (κ3) is 3.43. The van der Waals surface area contributed by atoms with Gasteiger partial charge >= 0.3 is 0 Å². The summed E-state index contributed by atoms with van der Waals surface area (Å²) in [5.41, 5.74) is 1.50. The van der Waals surface area contributed by atoms with E-state index in [1.54, 1.807) is 24.5 Å². The van der Waals surface area contributed by atoms with E-state index < -0.39 is 0 Å². The lowest BCUT2D eigenvalue weighted by molar-refractivity contribution is 0.0855. The number of aromatic hydroxyl groups is 1. The largest absolute Gasteiger partial charge is 0.506 e. The lowest BCUT2D eigenvalue weighted by Gasteiger charge is -2.22. The predicted molar refractivity (Wildman–Crippen MR) is 94.4 cm³/mol. The van der Waals surface area contributed by atoms with Gasteiger partial charge < -0.3 is 9.84 Å². The van der Waals surface area contributed by atoms with Gasteiger partial charge in [-0.15, -0.1) is 0 Å². The van der Waals surface area contributed by atoms with Crippen LogP contribution in [-0.2, 0) is 4.74 Å². The molecule has 0 saturated heterocycles. The van der Waals surface area contributed by atoms with Crippen molar-refractivity contribution in [3.63, 3.8) is 0 Å². The Hall–Kier alpha value is -1.79. The zero-order valence-electron chi connectivity index (χ0n) is 12.0. The smallest absolute Gasteiger partial charge is 0.262 e. The molecular formula is C17H13Br2NO3. The normalized spacial score (nSPS) is 16.7. The van der Waals surface area contributed by atoms with E-state index in [1.165, 1.54) is 11.2 Å². The Morgan fingerprint density at radius 2 is 2.00 bits per heavy atom. The standard InChI is InChI=1S/C17H13Br2NO3/c18-13-8-12(9-14(19)16(13)21)17(22)20-6-7-23-15(10-20)11-4-2-1-3-5-11/h1-2,4,6-10,21H,3,5H2. The Morgan fingerprint density at radius 1 is 1.26 bits per heavy atom. The second kappa shape index (κ2) is 6.76. The average molecular weight is 439 g/mol.